The molecule has 0 spiro atoms. The van der Waals surface area contributed by atoms with Gasteiger partial charge in [0.05, 0.1) is 0 Å². The van der Waals surface area contributed by atoms with Crippen LogP contribution in [0, 0.1) is 10.5 Å². The van der Waals surface area contributed by atoms with E-state index < -0.39 is 19.8 Å². The Labute approximate surface area is 195 Å². The number of aryl methyl sites for hydroxylation is 1. The normalized spacial score (nSPS) is 22.2. The zero-order chi connectivity index (χ0) is 21.9. The Balaban J connectivity index is 1.60. The van der Waals surface area contributed by atoms with Crippen molar-refractivity contribution in [3.8, 4) is 0 Å². The van der Waals surface area contributed by atoms with Crippen LogP contribution in [0.1, 0.15) is 46.2 Å². The maximum absolute atomic E-state index is 13.5. The summed E-state index contributed by atoms with van der Waals surface area (Å²) >= 11 is 5.45. The molecule has 0 bridgehead atoms. The first kappa shape index (κ1) is 20.8. The molecule has 1 saturated heterocycles. The Kier molecular flexibility index (Phi) is 5.25. The Morgan fingerprint density at radius 3 is 2.48 bits per heavy atom. The van der Waals surface area contributed by atoms with Gasteiger partial charge in [0.2, 0.25) is 0 Å². The van der Waals surface area contributed by atoms with Crippen molar-refractivity contribution in [1.29, 1.82) is 0 Å². The van der Waals surface area contributed by atoms with Gasteiger partial charge in [-0.15, -0.1) is 0 Å². The SMILES string of the molecule is C=C1C(Cl)=CC(N2C(=O)c3nn(C)c(C)c3C2c2ccc(I3CCCC3)cc2)=CN1C. The summed E-state index contributed by atoms with van der Waals surface area (Å²) in [5.74, 6) is -0.0907. The molecule has 31 heavy (non-hydrogen) atoms. The zero-order valence-corrected chi connectivity index (χ0v) is 20.9. The van der Waals surface area contributed by atoms with E-state index in [9.17, 15) is 4.79 Å². The standard InChI is InChI=1S/C24H26ClIN4O/c1-15-20(25)13-19(14-28(15)3)30-23(21-16(2)29(4)27-22(21)24(30)31)17-7-9-18(10-8-17)26-11-5-6-12-26/h7-10,13-14,23H,1,5-6,11-12H2,2-4H3. The van der Waals surface area contributed by atoms with Gasteiger partial charge < -0.3 is 0 Å². The molecule has 1 amide bonds. The fourth-order valence-corrected chi connectivity index (χ4v) is 10.9. The van der Waals surface area contributed by atoms with Gasteiger partial charge in [0.15, 0.2) is 0 Å². The number of amides is 1. The first-order valence-corrected chi connectivity index (χ1v) is 15.0. The molecule has 0 N–H and O–H groups in total. The van der Waals surface area contributed by atoms with Crippen molar-refractivity contribution in [1.82, 2.24) is 19.6 Å². The Morgan fingerprint density at radius 1 is 1.16 bits per heavy atom. The minimum atomic E-state index is -0.985. The van der Waals surface area contributed by atoms with E-state index >= 15 is 0 Å². The first-order valence-electron chi connectivity index (χ1n) is 10.5. The van der Waals surface area contributed by atoms with Crippen molar-refractivity contribution < 1.29 is 4.79 Å². The van der Waals surface area contributed by atoms with Crippen molar-refractivity contribution >= 4 is 37.3 Å². The third kappa shape index (κ3) is 3.35. The second-order valence-electron chi connectivity index (χ2n) is 8.25. The van der Waals surface area contributed by atoms with Gasteiger partial charge in [-0.25, -0.2) is 0 Å². The number of fused-ring (bicyclic) bond motifs is 1. The summed E-state index contributed by atoms with van der Waals surface area (Å²) in [4.78, 5) is 17.2. The third-order valence-electron chi connectivity index (χ3n) is 6.38. The van der Waals surface area contributed by atoms with Gasteiger partial charge >= 0.3 is 196 Å². The molecule has 3 aliphatic heterocycles. The predicted molar refractivity (Wildman–Crippen MR) is 133 cm³/mol. The van der Waals surface area contributed by atoms with Crippen LogP contribution in [0.15, 0.2) is 59.5 Å². The fourth-order valence-electron chi connectivity index (χ4n) is 4.53. The summed E-state index contributed by atoms with van der Waals surface area (Å²) in [7, 11) is 3.79. The van der Waals surface area contributed by atoms with E-state index in [-0.39, 0.29) is 11.9 Å². The molecule has 5 rings (SSSR count). The number of allylic oxidation sites excluding steroid dienone is 2. The quantitative estimate of drug-likeness (QED) is 0.393. The van der Waals surface area contributed by atoms with Crippen molar-refractivity contribution in [2.75, 3.05) is 15.9 Å². The molecule has 0 aliphatic carbocycles. The number of halogens is 2. The van der Waals surface area contributed by atoms with Crippen molar-refractivity contribution in [3.05, 3.63) is 85.6 Å². The maximum atomic E-state index is 13.5. The van der Waals surface area contributed by atoms with Gasteiger partial charge in [-0.3, -0.25) is 0 Å². The molecule has 1 atom stereocenters. The van der Waals surface area contributed by atoms with Gasteiger partial charge in [0, 0.05) is 0 Å². The van der Waals surface area contributed by atoms with Gasteiger partial charge in [-0.2, -0.15) is 0 Å². The second-order valence-corrected chi connectivity index (χ2v) is 14.7. The number of hydrogen-bond donors (Lipinski definition) is 0. The van der Waals surface area contributed by atoms with Gasteiger partial charge in [-0.1, -0.05) is 0 Å². The van der Waals surface area contributed by atoms with E-state index in [1.807, 2.05) is 43.1 Å². The summed E-state index contributed by atoms with van der Waals surface area (Å²) in [6.45, 7) is 6.03. The van der Waals surface area contributed by atoms with E-state index in [1.165, 1.54) is 21.7 Å². The average molecular weight is 549 g/mol. The van der Waals surface area contributed by atoms with Crippen molar-refractivity contribution in [2.24, 2.45) is 7.05 Å². The van der Waals surface area contributed by atoms with E-state index in [0.29, 0.717) is 16.4 Å². The number of hydrogen-bond acceptors (Lipinski definition) is 3. The topological polar surface area (TPSA) is 41.4 Å². The van der Waals surface area contributed by atoms with Gasteiger partial charge in [-0.05, 0) is 0 Å². The summed E-state index contributed by atoms with van der Waals surface area (Å²) in [5.41, 5.74) is 5.10. The molecule has 7 heteroatoms. The number of benzene rings is 1. The molecule has 5 nitrogen and oxygen atoms in total. The predicted octanol–water partition coefficient (Wildman–Crippen LogP) is 5.17. The molecular formula is C24H26ClIN4O. The molecular weight excluding hydrogens is 523 g/mol. The summed E-state index contributed by atoms with van der Waals surface area (Å²) in [6, 6.07) is 8.84. The third-order valence-corrected chi connectivity index (χ3v) is 13.3. The van der Waals surface area contributed by atoms with E-state index in [1.54, 1.807) is 8.25 Å². The first-order chi connectivity index (χ1) is 14.9. The Hall–Kier alpha value is -2.06. The summed E-state index contributed by atoms with van der Waals surface area (Å²) in [5, 5.41) is 5.09. The molecule has 3 aliphatic rings. The molecule has 0 radical (unpaired) electrons. The van der Waals surface area contributed by atoms with E-state index in [4.69, 9.17) is 11.6 Å². The van der Waals surface area contributed by atoms with E-state index in [2.05, 4.69) is 35.9 Å². The van der Waals surface area contributed by atoms with Crippen LogP contribution in [-0.4, -0.2) is 41.4 Å². The van der Waals surface area contributed by atoms with Crippen LogP contribution in [-0.2, 0) is 7.05 Å². The van der Waals surface area contributed by atoms with Crippen LogP contribution in [0.25, 0.3) is 0 Å². The number of carbonyl (C=O) groups excluding carboxylic acids is 1. The number of carbonyl (C=O) groups is 1. The monoisotopic (exact) mass is 548 g/mol. The fraction of sp³-hybridized carbons (Fsp3) is 0.333. The number of aromatic nitrogens is 2. The van der Waals surface area contributed by atoms with Crippen molar-refractivity contribution in [2.45, 2.75) is 25.8 Å². The molecule has 1 aromatic heterocycles. The zero-order valence-electron chi connectivity index (χ0n) is 18.0. The number of rotatable bonds is 3. The second kappa shape index (κ2) is 7.81. The molecule has 4 heterocycles. The van der Waals surface area contributed by atoms with Crippen LogP contribution in [0.5, 0.6) is 0 Å². The molecule has 1 aromatic carbocycles. The van der Waals surface area contributed by atoms with Crippen molar-refractivity contribution in [3.63, 3.8) is 0 Å². The van der Waals surface area contributed by atoms with E-state index in [0.717, 1.165) is 22.5 Å². The molecule has 1 fully saturated rings. The van der Waals surface area contributed by atoms with Gasteiger partial charge in [0.1, 0.15) is 0 Å². The Bertz CT molecular complexity index is 1140. The van der Waals surface area contributed by atoms with Crippen LogP contribution in [0.4, 0.5) is 0 Å². The van der Waals surface area contributed by atoms with Crippen LogP contribution in [0.2, 0.25) is 0 Å². The average Bonchev–Trinajstić information content (AvgIpc) is 3.45. The minimum absolute atomic E-state index is 0.0907. The number of alkyl halides is 2. The van der Waals surface area contributed by atoms with Crippen LogP contribution < -0.4 is 0 Å². The number of likely N-dealkylation sites (N-methyl/N-ethyl adjacent to an activating group) is 1. The molecule has 1 unspecified atom stereocenters. The molecule has 2 aromatic rings. The summed E-state index contributed by atoms with van der Waals surface area (Å²) < 4.78 is 6.21. The van der Waals surface area contributed by atoms with Gasteiger partial charge in [0.25, 0.3) is 0 Å². The molecule has 162 valence electrons. The Morgan fingerprint density at radius 2 is 1.84 bits per heavy atom. The number of nitrogens with zero attached hydrogens (tertiary/aromatic N) is 4. The summed E-state index contributed by atoms with van der Waals surface area (Å²) in [6.07, 6.45) is 6.52. The van der Waals surface area contributed by atoms with Crippen LogP contribution >= 0.6 is 31.4 Å². The molecule has 0 saturated carbocycles. The van der Waals surface area contributed by atoms with Crippen LogP contribution in [0.3, 0.4) is 0 Å².